The SMILES string of the molecule is CCNC(Cc1ccc(Cl)cc1F)c1snnc1C(C)C. The maximum atomic E-state index is 14.0. The minimum absolute atomic E-state index is 0.0167. The lowest BCUT2D eigenvalue weighted by atomic mass is 10.00. The number of nitrogens with zero attached hydrogens (tertiary/aromatic N) is 2. The van der Waals surface area contributed by atoms with Gasteiger partial charge in [-0.1, -0.05) is 42.9 Å². The number of rotatable bonds is 6. The van der Waals surface area contributed by atoms with Crippen LogP contribution in [-0.4, -0.2) is 16.1 Å². The number of nitrogens with one attached hydrogen (secondary N) is 1. The summed E-state index contributed by atoms with van der Waals surface area (Å²) in [7, 11) is 0. The summed E-state index contributed by atoms with van der Waals surface area (Å²) in [5.41, 5.74) is 1.63. The van der Waals surface area contributed by atoms with E-state index in [0.717, 1.165) is 17.1 Å². The van der Waals surface area contributed by atoms with Crippen molar-refractivity contribution in [2.45, 2.75) is 39.2 Å². The molecule has 0 saturated carbocycles. The average molecular weight is 328 g/mol. The minimum Gasteiger partial charge on any atom is -0.309 e. The molecule has 0 saturated heterocycles. The van der Waals surface area contributed by atoms with Crippen molar-refractivity contribution in [3.05, 3.63) is 45.2 Å². The molecule has 6 heteroatoms. The Morgan fingerprint density at radius 2 is 2.14 bits per heavy atom. The van der Waals surface area contributed by atoms with Crippen LogP contribution in [0.15, 0.2) is 18.2 Å². The minimum atomic E-state index is -0.269. The molecule has 1 unspecified atom stereocenters. The largest absolute Gasteiger partial charge is 0.309 e. The summed E-state index contributed by atoms with van der Waals surface area (Å²) in [6.45, 7) is 7.02. The molecule has 3 nitrogen and oxygen atoms in total. The van der Waals surface area contributed by atoms with Gasteiger partial charge in [0.25, 0.3) is 0 Å². The van der Waals surface area contributed by atoms with Crippen LogP contribution in [0, 0.1) is 5.82 Å². The van der Waals surface area contributed by atoms with Gasteiger partial charge in [0.1, 0.15) is 5.82 Å². The number of hydrogen-bond donors (Lipinski definition) is 1. The van der Waals surface area contributed by atoms with Gasteiger partial charge < -0.3 is 5.32 Å². The van der Waals surface area contributed by atoms with E-state index < -0.39 is 0 Å². The molecule has 0 aliphatic carbocycles. The van der Waals surface area contributed by atoms with E-state index in [1.54, 1.807) is 12.1 Å². The van der Waals surface area contributed by atoms with Crippen molar-refractivity contribution in [2.75, 3.05) is 6.54 Å². The Bertz CT molecular complexity index is 600. The van der Waals surface area contributed by atoms with E-state index in [-0.39, 0.29) is 11.9 Å². The summed E-state index contributed by atoms with van der Waals surface area (Å²) < 4.78 is 18.1. The van der Waals surface area contributed by atoms with Crippen molar-refractivity contribution in [3.63, 3.8) is 0 Å². The van der Waals surface area contributed by atoms with Gasteiger partial charge in [0.15, 0.2) is 0 Å². The van der Waals surface area contributed by atoms with Crippen LogP contribution in [0.4, 0.5) is 4.39 Å². The van der Waals surface area contributed by atoms with Crippen molar-refractivity contribution in [3.8, 4) is 0 Å². The molecule has 1 aromatic carbocycles. The second-order valence-corrected chi connectivity index (χ2v) is 6.45. The summed E-state index contributed by atoms with van der Waals surface area (Å²) in [4.78, 5) is 1.08. The number of benzene rings is 1. The molecule has 0 fully saturated rings. The molecule has 0 amide bonds. The van der Waals surface area contributed by atoms with Crippen molar-refractivity contribution < 1.29 is 4.39 Å². The van der Waals surface area contributed by atoms with E-state index in [9.17, 15) is 4.39 Å². The van der Waals surface area contributed by atoms with E-state index in [1.165, 1.54) is 17.6 Å². The summed E-state index contributed by atoms with van der Waals surface area (Å²) in [5, 5.41) is 8.03. The van der Waals surface area contributed by atoms with E-state index in [0.29, 0.717) is 22.9 Å². The summed E-state index contributed by atoms with van der Waals surface area (Å²) in [6, 6.07) is 4.83. The number of hydrogen-bond acceptors (Lipinski definition) is 4. The van der Waals surface area contributed by atoms with Crippen molar-refractivity contribution in [2.24, 2.45) is 0 Å². The van der Waals surface area contributed by atoms with Crippen LogP contribution < -0.4 is 5.32 Å². The third-order valence-corrected chi connectivity index (χ3v) is 4.38. The van der Waals surface area contributed by atoms with Crippen LogP contribution in [0.3, 0.4) is 0 Å². The Hall–Kier alpha value is -1.04. The van der Waals surface area contributed by atoms with Crippen molar-refractivity contribution in [1.82, 2.24) is 14.9 Å². The molecule has 0 aliphatic rings. The fourth-order valence-electron chi connectivity index (χ4n) is 2.26. The van der Waals surface area contributed by atoms with Crippen LogP contribution in [0.25, 0.3) is 0 Å². The normalized spacial score (nSPS) is 12.9. The van der Waals surface area contributed by atoms with Gasteiger partial charge in [0.05, 0.1) is 10.6 Å². The predicted molar refractivity (Wildman–Crippen MR) is 85.5 cm³/mol. The fourth-order valence-corrected chi connectivity index (χ4v) is 3.30. The maximum Gasteiger partial charge on any atom is 0.127 e. The summed E-state index contributed by atoms with van der Waals surface area (Å²) >= 11 is 7.19. The van der Waals surface area contributed by atoms with Crippen molar-refractivity contribution >= 4 is 23.1 Å². The molecule has 2 rings (SSSR count). The van der Waals surface area contributed by atoms with Gasteiger partial charge in [-0.3, -0.25) is 0 Å². The van der Waals surface area contributed by atoms with Crippen LogP contribution in [0.5, 0.6) is 0 Å². The second kappa shape index (κ2) is 7.29. The van der Waals surface area contributed by atoms with Crippen molar-refractivity contribution in [1.29, 1.82) is 0 Å². The Balaban J connectivity index is 2.28. The van der Waals surface area contributed by atoms with Gasteiger partial charge in [-0.15, -0.1) is 5.10 Å². The Morgan fingerprint density at radius 3 is 2.76 bits per heavy atom. The quantitative estimate of drug-likeness (QED) is 0.857. The monoisotopic (exact) mass is 327 g/mol. The smallest absolute Gasteiger partial charge is 0.127 e. The lowest BCUT2D eigenvalue weighted by Crippen LogP contribution is -2.23. The standard InChI is InChI=1S/C15H19ClFN3S/c1-4-18-13(15-14(9(2)3)19-20-21-15)7-10-5-6-11(16)8-12(10)17/h5-6,8-9,13,18H,4,7H2,1-3H3. The van der Waals surface area contributed by atoms with Crippen LogP contribution in [-0.2, 0) is 6.42 Å². The molecule has 114 valence electrons. The molecule has 0 spiro atoms. The van der Waals surface area contributed by atoms with E-state index in [4.69, 9.17) is 11.6 Å². The van der Waals surface area contributed by atoms with Gasteiger partial charge >= 0.3 is 0 Å². The first kappa shape index (κ1) is 16.3. The fraction of sp³-hybridized carbons (Fsp3) is 0.467. The molecule has 1 N–H and O–H groups in total. The first-order valence-corrected chi connectivity index (χ1v) is 8.17. The van der Waals surface area contributed by atoms with Gasteiger partial charge in [-0.25, -0.2) is 4.39 Å². The zero-order valence-electron chi connectivity index (χ0n) is 12.4. The van der Waals surface area contributed by atoms with E-state index in [2.05, 4.69) is 28.8 Å². The number of halogens is 2. The molecule has 0 radical (unpaired) electrons. The van der Waals surface area contributed by atoms with Gasteiger partial charge in [0, 0.05) is 11.1 Å². The first-order chi connectivity index (χ1) is 10.0. The molecule has 21 heavy (non-hydrogen) atoms. The van der Waals surface area contributed by atoms with Gasteiger partial charge in [0.2, 0.25) is 0 Å². The first-order valence-electron chi connectivity index (χ1n) is 7.02. The highest BCUT2D eigenvalue weighted by Crippen LogP contribution is 2.29. The second-order valence-electron chi connectivity index (χ2n) is 5.23. The Labute approximate surface area is 133 Å². The molecule has 1 aromatic heterocycles. The maximum absolute atomic E-state index is 14.0. The van der Waals surface area contributed by atoms with Gasteiger partial charge in [-0.05, 0) is 48.1 Å². The molecule has 1 atom stereocenters. The molecule has 0 aliphatic heterocycles. The summed E-state index contributed by atoms with van der Waals surface area (Å²) in [5.74, 6) is 0.0314. The van der Waals surface area contributed by atoms with E-state index in [1.807, 2.05) is 6.92 Å². The molecule has 1 heterocycles. The van der Waals surface area contributed by atoms with Crippen LogP contribution in [0.2, 0.25) is 5.02 Å². The summed E-state index contributed by atoms with van der Waals surface area (Å²) in [6.07, 6.45) is 0.556. The van der Waals surface area contributed by atoms with Gasteiger partial charge in [-0.2, -0.15) is 0 Å². The van der Waals surface area contributed by atoms with E-state index >= 15 is 0 Å². The third-order valence-electron chi connectivity index (χ3n) is 3.29. The third kappa shape index (κ3) is 3.99. The highest BCUT2D eigenvalue weighted by molar-refractivity contribution is 7.05. The topological polar surface area (TPSA) is 37.8 Å². The molecule has 2 aromatic rings. The molecule has 0 bridgehead atoms. The van der Waals surface area contributed by atoms with Crippen LogP contribution >= 0.6 is 23.1 Å². The predicted octanol–water partition coefficient (Wildman–Crippen LogP) is 4.35. The van der Waals surface area contributed by atoms with Crippen LogP contribution in [0.1, 0.15) is 48.9 Å². The lowest BCUT2D eigenvalue weighted by molar-refractivity contribution is 0.528. The molecular formula is C15H19ClFN3S. The zero-order valence-corrected chi connectivity index (χ0v) is 13.9. The Morgan fingerprint density at radius 1 is 1.38 bits per heavy atom. The lowest BCUT2D eigenvalue weighted by Gasteiger charge is -2.18. The highest BCUT2D eigenvalue weighted by atomic mass is 35.5. The number of aromatic nitrogens is 2. The Kier molecular flexibility index (Phi) is 5.67. The number of likely N-dealkylation sites (N-methyl/N-ethyl adjacent to an activating group) is 1. The highest BCUT2D eigenvalue weighted by Gasteiger charge is 2.22. The molecular weight excluding hydrogens is 309 g/mol. The zero-order chi connectivity index (χ0) is 15.4. The average Bonchev–Trinajstić information content (AvgIpc) is 2.90.